The predicted molar refractivity (Wildman–Crippen MR) is 120 cm³/mol. The number of hydrogen-bond acceptors (Lipinski definition) is 5. The van der Waals surface area contributed by atoms with Crippen LogP contribution in [-0.2, 0) is 0 Å². The van der Waals surface area contributed by atoms with E-state index in [4.69, 9.17) is 22.1 Å². The highest BCUT2D eigenvalue weighted by molar-refractivity contribution is 6.32. The van der Waals surface area contributed by atoms with E-state index in [-0.39, 0.29) is 5.56 Å². The molecule has 0 spiro atoms. The number of nitrogen functional groups attached to an aromatic ring is 1. The molecule has 0 fully saturated rings. The molecule has 3 heterocycles. The summed E-state index contributed by atoms with van der Waals surface area (Å²) >= 11 is 6.00. The first-order valence-corrected chi connectivity index (χ1v) is 9.47. The molecule has 7 heteroatoms. The summed E-state index contributed by atoms with van der Waals surface area (Å²) in [7, 11) is 0. The first kappa shape index (κ1) is 19.4. The van der Waals surface area contributed by atoms with Crippen molar-refractivity contribution in [1.29, 1.82) is 0 Å². The fourth-order valence-electron chi connectivity index (χ4n) is 2.84. The third kappa shape index (κ3) is 4.56. The van der Waals surface area contributed by atoms with E-state index in [9.17, 15) is 4.79 Å². The van der Waals surface area contributed by atoms with E-state index < -0.39 is 0 Å². The lowest BCUT2D eigenvalue weighted by atomic mass is 10.2. The van der Waals surface area contributed by atoms with Crippen molar-refractivity contribution in [1.82, 2.24) is 15.0 Å². The van der Waals surface area contributed by atoms with Gasteiger partial charge in [0.2, 0.25) is 17.3 Å². The van der Waals surface area contributed by atoms with Crippen molar-refractivity contribution in [2.24, 2.45) is 0 Å². The Kier molecular flexibility index (Phi) is 5.59. The van der Waals surface area contributed by atoms with Crippen LogP contribution in [0.2, 0.25) is 5.02 Å². The number of rotatable bonds is 2. The van der Waals surface area contributed by atoms with Crippen molar-refractivity contribution in [3.05, 3.63) is 101 Å². The molecule has 0 unspecified atom stereocenters. The van der Waals surface area contributed by atoms with Gasteiger partial charge in [-0.25, -0.2) is 9.97 Å². The van der Waals surface area contributed by atoms with E-state index >= 15 is 0 Å². The molecule has 5 rings (SSSR count). The molecule has 0 aliphatic rings. The lowest BCUT2D eigenvalue weighted by molar-refractivity contribution is 0.446. The molecule has 0 atom stereocenters. The summed E-state index contributed by atoms with van der Waals surface area (Å²) < 4.78 is 5.56. The van der Waals surface area contributed by atoms with Crippen molar-refractivity contribution in [2.45, 2.75) is 0 Å². The molecule has 148 valence electrons. The molecule has 2 aromatic carbocycles. The third-order valence-corrected chi connectivity index (χ3v) is 4.56. The van der Waals surface area contributed by atoms with Crippen molar-refractivity contribution in [3.63, 3.8) is 0 Å². The molecule has 0 aliphatic heterocycles. The second-order valence-corrected chi connectivity index (χ2v) is 6.86. The average Bonchev–Trinajstić information content (AvgIpc) is 2.76. The van der Waals surface area contributed by atoms with Crippen LogP contribution in [0.3, 0.4) is 0 Å². The molecular weight excluding hydrogens is 400 g/mol. The van der Waals surface area contributed by atoms with Gasteiger partial charge in [0.15, 0.2) is 0 Å². The van der Waals surface area contributed by atoms with Gasteiger partial charge >= 0.3 is 0 Å². The normalized spacial score (nSPS) is 10.4. The number of benzene rings is 2. The van der Waals surface area contributed by atoms with E-state index in [0.717, 1.165) is 21.5 Å². The Labute approximate surface area is 176 Å². The maximum absolute atomic E-state index is 10.8. The van der Waals surface area contributed by atoms with Crippen molar-refractivity contribution < 1.29 is 4.74 Å². The lowest BCUT2D eigenvalue weighted by Crippen LogP contribution is -2.00. The van der Waals surface area contributed by atoms with Gasteiger partial charge in [-0.2, -0.15) is 0 Å². The summed E-state index contributed by atoms with van der Waals surface area (Å²) in [5, 5.41) is 4.49. The Morgan fingerprint density at radius 1 is 0.833 bits per heavy atom. The van der Waals surface area contributed by atoms with E-state index in [1.807, 2.05) is 54.6 Å². The summed E-state index contributed by atoms with van der Waals surface area (Å²) in [6.07, 6.45) is 4.95. The first-order valence-electron chi connectivity index (χ1n) is 9.10. The number of nitrogens with one attached hydrogen (secondary N) is 1. The molecule has 5 aromatic rings. The smallest absolute Gasteiger partial charge is 0.248 e. The summed E-state index contributed by atoms with van der Waals surface area (Å²) in [5.41, 5.74) is 6.01. The molecule has 0 amide bonds. The molecule has 0 aliphatic carbocycles. The van der Waals surface area contributed by atoms with Crippen molar-refractivity contribution in [2.75, 3.05) is 5.73 Å². The quantitative estimate of drug-likeness (QED) is 0.413. The van der Waals surface area contributed by atoms with Crippen LogP contribution in [0.15, 0.2) is 90.1 Å². The maximum Gasteiger partial charge on any atom is 0.248 e. The topological polar surface area (TPSA) is 93.9 Å². The zero-order valence-electron chi connectivity index (χ0n) is 15.7. The Morgan fingerprint density at radius 2 is 1.50 bits per heavy atom. The average molecular weight is 417 g/mol. The summed E-state index contributed by atoms with van der Waals surface area (Å²) in [6, 6.07) is 20.7. The van der Waals surface area contributed by atoms with Gasteiger partial charge in [-0.1, -0.05) is 60.1 Å². The standard InChI is InChI=1S/C14H10ClN3O.C9H7NO/c15-12-6-11(16)8-18-14(12)19-13-5-9-3-1-2-4-10(9)7-17-13;11-9-5-7-3-1-2-4-8(7)6-10-9/h1-8H,16H2;1-6H,(H,10,11). The molecule has 0 radical (unpaired) electrons. The monoisotopic (exact) mass is 416 g/mol. The maximum atomic E-state index is 10.8. The Balaban J connectivity index is 0.000000168. The van der Waals surface area contributed by atoms with E-state index in [1.54, 1.807) is 24.5 Å². The number of hydrogen-bond donors (Lipinski definition) is 2. The van der Waals surface area contributed by atoms with Gasteiger partial charge in [-0.15, -0.1) is 0 Å². The fourth-order valence-corrected chi connectivity index (χ4v) is 3.05. The van der Waals surface area contributed by atoms with Gasteiger partial charge in [0.05, 0.1) is 11.9 Å². The number of aromatic nitrogens is 3. The molecule has 0 saturated heterocycles. The number of fused-ring (bicyclic) bond motifs is 2. The second kappa shape index (κ2) is 8.63. The van der Waals surface area contributed by atoms with Crippen LogP contribution in [0.1, 0.15) is 0 Å². The summed E-state index contributed by atoms with van der Waals surface area (Å²) in [5.74, 6) is 0.733. The summed E-state index contributed by atoms with van der Waals surface area (Å²) in [4.78, 5) is 21.7. The van der Waals surface area contributed by atoms with Crippen LogP contribution in [0, 0.1) is 0 Å². The highest BCUT2D eigenvalue weighted by Crippen LogP contribution is 2.28. The van der Waals surface area contributed by atoms with Gasteiger partial charge in [0, 0.05) is 29.9 Å². The number of anilines is 1. The van der Waals surface area contributed by atoms with Crippen LogP contribution >= 0.6 is 11.6 Å². The second-order valence-electron chi connectivity index (χ2n) is 6.45. The molecule has 3 aromatic heterocycles. The largest absolute Gasteiger partial charge is 0.419 e. The summed E-state index contributed by atoms with van der Waals surface area (Å²) in [6.45, 7) is 0. The highest BCUT2D eigenvalue weighted by atomic mass is 35.5. The van der Waals surface area contributed by atoms with Gasteiger partial charge < -0.3 is 15.5 Å². The fraction of sp³-hybridized carbons (Fsp3) is 0. The molecule has 0 saturated carbocycles. The zero-order chi connectivity index (χ0) is 20.9. The molecule has 30 heavy (non-hydrogen) atoms. The van der Waals surface area contributed by atoms with Gasteiger partial charge in [0.25, 0.3) is 0 Å². The molecule has 6 nitrogen and oxygen atoms in total. The van der Waals surface area contributed by atoms with Gasteiger partial charge in [-0.05, 0) is 22.2 Å². The van der Waals surface area contributed by atoms with Crippen LogP contribution in [0.25, 0.3) is 21.5 Å². The van der Waals surface area contributed by atoms with Gasteiger partial charge in [0.1, 0.15) is 5.02 Å². The third-order valence-electron chi connectivity index (χ3n) is 4.29. The number of nitrogens with zero attached hydrogens (tertiary/aromatic N) is 2. The minimum Gasteiger partial charge on any atom is -0.419 e. The molecule has 3 N–H and O–H groups in total. The Bertz CT molecular complexity index is 1380. The number of halogens is 1. The Morgan fingerprint density at radius 3 is 2.23 bits per heavy atom. The van der Waals surface area contributed by atoms with E-state index in [0.29, 0.717) is 22.5 Å². The molecular formula is C23H17ClN4O2. The zero-order valence-corrected chi connectivity index (χ0v) is 16.5. The first-order chi connectivity index (χ1) is 14.6. The Hall–Kier alpha value is -3.90. The van der Waals surface area contributed by atoms with E-state index in [2.05, 4.69) is 15.0 Å². The number of nitrogens with two attached hydrogens (primary N) is 1. The molecule has 0 bridgehead atoms. The number of ether oxygens (including phenoxy) is 1. The number of pyridine rings is 3. The number of aromatic amines is 1. The van der Waals surface area contributed by atoms with E-state index in [1.165, 1.54) is 6.20 Å². The van der Waals surface area contributed by atoms with Crippen molar-refractivity contribution in [3.8, 4) is 11.8 Å². The predicted octanol–water partition coefficient (Wildman–Crippen LogP) is 5.19. The minimum absolute atomic E-state index is 0.0521. The van der Waals surface area contributed by atoms with Gasteiger partial charge in [-0.3, -0.25) is 4.79 Å². The van der Waals surface area contributed by atoms with Crippen LogP contribution in [-0.4, -0.2) is 15.0 Å². The number of H-pyrrole nitrogens is 1. The SMILES string of the molecule is Nc1cnc(Oc2cc3ccccc3cn2)c(Cl)c1.O=c1cc2ccccc2c[nH]1. The highest BCUT2D eigenvalue weighted by Gasteiger charge is 2.06. The lowest BCUT2D eigenvalue weighted by Gasteiger charge is -2.06. The van der Waals surface area contributed by atoms with Crippen LogP contribution in [0.4, 0.5) is 5.69 Å². The van der Waals surface area contributed by atoms with Crippen molar-refractivity contribution >= 4 is 38.8 Å². The van der Waals surface area contributed by atoms with Crippen LogP contribution in [0.5, 0.6) is 11.8 Å². The van der Waals surface area contributed by atoms with Crippen LogP contribution < -0.4 is 16.0 Å². The minimum atomic E-state index is -0.0521.